The van der Waals surface area contributed by atoms with E-state index < -0.39 is 0 Å². The number of benzene rings is 1. The van der Waals surface area contributed by atoms with Crippen molar-refractivity contribution in [1.82, 2.24) is 0 Å². The first-order valence-electron chi connectivity index (χ1n) is 5.35. The molecule has 1 fully saturated rings. The Bertz CT molecular complexity index is 484. The van der Waals surface area contributed by atoms with Crippen LogP contribution in [0.2, 0.25) is 0 Å². The Kier molecular flexibility index (Phi) is 2.24. The Labute approximate surface area is 98.3 Å². The van der Waals surface area contributed by atoms with Gasteiger partial charge in [-0.15, -0.1) is 0 Å². The van der Waals surface area contributed by atoms with Crippen LogP contribution in [0.15, 0.2) is 29.3 Å². The summed E-state index contributed by atoms with van der Waals surface area (Å²) in [6.45, 7) is 2.12. The number of nitrogens with zero attached hydrogens (tertiary/aromatic N) is 1. The normalized spacial score (nSPS) is 27.6. The molecule has 2 atom stereocenters. The highest BCUT2D eigenvalue weighted by Crippen LogP contribution is 2.36. The molecule has 0 saturated carbocycles. The van der Waals surface area contributed by atoms with E-state index in [0.29, 0.717) is 5.25 Å². The third kappa shape index (κ3) is 1.45. The van der Waals surface area contributed by atoms with Crippen LogP contribution in [0.5, 0.6) is 0 Å². The lowest BCUT2D eigenvalue weighted by atomic mass is 10.0. The SMILES string of the molecule is CC1SCC2C(=O)Nc3ccccc3N=C12. The summed E-state index contributed by atoms with van der Waals surface area (Å²) < 4.78 is 0. The first-order chi connectivity index (χ1) is 7.75. The maximum Gasteiger partial charge on any atom is 0.234 e. The number of amides is 1. The molecule has 0 aromatic heterocycles. The number of thioether (sulfide) groups is 1. The summed E-state index contributed by atoms with van der Waals surface area (Å²) >= 11 is 1.80. The van der Waals surface area contributed by atoms with E-state index in [-0.39, 0.29) is 11.8 Å². The second-order valence-electron chi connectivity index (χ2n) is 4.07. The number of anilines is 1. The van der Waals surface area contributed by atoms with Gasteiger partial charge in [0.1, 0.15) is 0 Å². The van der Waals surface area contributed by atoms with Gasteiger partial charge in [0.25, 0.3) is 0 Å². The second-order valence-corrected chi connectivity index (χ2v) is 5.44. The molecule has 0 radical (unpaired) electrons. The molecule has 0 bridgehead atoms. The summed E-state index contributed by atoms with van der Waals surface area (Å²) in [6, 6.07) is 7.71. The number of fused-ring (bicyclic) bond motifs is 2. The van der Waals surface area contributed by atoms with E-state index in [0.717, 1.165) is 22.8 Å². The smallest absolute Gasteiger partial charge is 0.234 e. The van der Waals surface area contributed by atoms with Crippen molar-refractivity contribution in [1.29, 1.82) is 0 Å². The number of para-hydroxylation sites is 2. The van der Waals surface area contributed by atoms with E-state index in [1.165, 1.54) is 0 Å². The van der Waals surface area contributed by atoms with Crippen molar-refractivity contribution in [2.24, 2.45) is 10.9 Å². The molecule has 0 spiro atoms. The summed E-state index contributed by atoms with van der Waals surface area (Å²) in [5.41, 5.74) is 2.72. The molecule has 1 amide bonds. The standard InChI is InChI=1S/C12H12N2OS/c1-7-11-8(6-16-7)12(15)14-10-5-3-2-4-9(10)13-11/h2-5,7-8H,6H2,1H3,(H,14,15). The van der Waals surface area contributed by atoms with Crippen LogP contribution in [0.4, 0.5) is 11.4 Å². The Balaban J connectivity index is 2.14. The molecule has 1 saturated heterocycles. The van der Waals surface area contributed by atoms with Crippen molar-refractivity contribution in [3.05, 3.63) is 24.3 Å². The van der Waals surface area contributed by atoms with Crippen molar-refractivity contribution in [3.63, 3.8) is 0 Å². The Morgan fingerprint density at radius 1 is 1.44 bits per heavy atom. The van der Waals surface area contributed by atoms with Crippen LogP contribution < -0.4 is 5.32 Å². The van der Waals surface area contributed by atoms with Crippen molar-refractivity contribution in [3.8, 4) is 0 Å². The number of aliphatic imine (C=N–C) groups is 1. The lowest BCUT2D eigenvalue weighted by Crippen LogP contribution is -2.28. The number of nitrogens with one attached hydrogen (secondary N) is 1. The minimum absolute atomic E-state index is 0.0487. The maximum atomic E-state index is 12.0. The van der Waals surface area contributed by atoms with Crippen LogP contribution in [0.25, 0.3) is 0 Å². The number of hydrogen-bond acceptors (Lipinski definition) is 3. The van der Waals surface area contributed by atoms with Crippen molar-refractivity contribution in [2.75, 3.05) is 11.1 Å². The van der Waals surface area contributed by atoms with E-state index >= 15 is 0 Å². The zero-order valence-electron chi connectivity index (χ0n) is 8.93. The van der Waals surface area contributed by atoms with E-state index in [1.54, 1.807) is 11.8 Å². The van der Waals surface area contributed by atoms with Crippen LogP contribution >= 0.6 is 11.8 Å². The lowest BCUT2D eigenvalue weighted by molar-refractivity contribution is -0.117. The Morgan fingerprint density at radius 3 is 3.12 bits per heavy atom. The molecule has 2 aliphatic heterocycles. The average molecular weight is 232 g/mol. The van der Waals surface area contributed by atoms with Gasteiger partial charge in [-0.1, -0.05) is 12.1 Å². The largest absolute Gasteiger partial charge is 0.324 e. The van der Waals surface area contributed by atoms with E-state index in [4.69, 9.17) is 0 Å². The zero-order chi connectivity index (χ0) is 11.1. The van der Waals surface area contributed by atoms with Gasteiger partial charge in [0, 0.05) is 16.7 Å². The van der Waals surface area contributed by atoms with Gasteiger partial charge in [-0.3, -0.25) is 9.79 Å². The van der Waals surface area contributed by atoms with Crippen molar-refractivity contribution in [2.45, 2.75) is 12.2 Å². The Morgan fingerprint density at radius 2 is 2.25 bits per heavy atom. The maximum absolute atomic E-state index is 12.0. The first-order valence-corrected chi connectivity index (χ1v) is 6.40. The van der Waals surface area contributed by atoms with Gasteiger partial charge in [-0.2, -0.15) is 11.8 Å². The van der Waals surface area contributed by atoms with Gasteiger partial charge in [0.15, 0.2) is 0 Å². The first kappa shape index (κ1) is 9.90. The highest BCUT2D eigenvalue weighted by Gasteiger charge is 2.36. The third-order valence-corrected chi connectivity index (χ3v) is 4.28. The summed E-state index contributed by atoms with van der Waals surface area (Å²) in [6.07, 6.45) is 0. The van der Waals surface area contributed by atoms with Gasteiger partial charge >= 0.3 is 0 Å². The molecule has 2 heterocycles. The third-order valence-electron chi connectivity index (χ3n) is 3.01. The van der Waals surface area contributed by atoms with E-state index in [2.05, 4.69) is 17.2 Å². The zero-order valence-corrected chi connectivity index (χ0v) is 9.75. The van der Waals surface area contributed by atoms with E-state index in [9.17, 15) is 4.79 Å². The fourth-order valence-corrected chi connectivity index (χ4v) is 3.30. The summed E-state index contributed by atoms with van der Waals surface area (Å²) in [7, 11) is 0. The molecule has 1 aromatic carbocycles. The highest BCUT2D eigenvalue weighted by atomic mass is 32.2. The monoisotopic (exact) mass is 232 g/mol. The van der Waals surface area contributed by atoms with Crippen molar-refractivity contribution < 1.29 is 4.79 Å². The molecule has 3 nitrogen and oxygen atoms in total. The van der Waals surface area contributed by atoms with Crippen LogP contribution in [0.3, 0.4) is 0 Å². The molecule has 0 aliphatic carbocycles. The number of rotatable bonds is 0. The molecule has 2 aliphatic rings. The molecular formula is C12H12N2OS. The molecule has 82 valence electrons. The lowest BCUT2D eigenvalue weighted by Gasteiger charge is -2.07. The topological polar surface area (TPSA) is 41.5 Å². The quantitative estimate of drug-likeness (QED) is 0.746. The second kappa shape index (κ2) is 3.63. The molecule has 1 N–H and O–H groups in total. The predicted molar refractivity (Wildman–Crippen MR) is 67.6 cm³/mol. The number of carbonyl (C=O) groups is 1. The fraction of sp³-hybridized carbons (Fsp3) is 0.333. The average Bonchev–Trinajstić information content (AvgIpc) is 2.57. The van der Waals surface area contributed by atoms with Gasteiger partial charge < -0.3 is 5.32 Å². The molecule has 1 aromatic rings. The number of hydrogen-bond donors (Lipinski definition) is 1. The fourth-order valence-electron chi connectivity index (χ4n) is 2.11. The molecular weight excluding hydrogens is 220 g/mol. The van der Waals surface area contributed by atoms with Gasteiger partial charge in [-0.25, -0.2) is 0 Å². The summed E-state index contributed by atoms with van der Waals surface area (Å²) in [4.78, 5) is 16.6. The van der Waals surface area contributed by atoms with Gasteiger partial charge in [0.05, 0.1) is 17.3 Å². The van der Waals surface area contributed by atoms with Crippen LogP contribution in [0, 0.1) is 5.92 Å². The number of carbonyl (C=O) groups excluding carboxylic acids is 1. The Hall–Kier alpha value is -1.29. The molecule has 2 unspecified atom stereocenters. The summed E-state index contributed by atoms with van der Waals surface area (Å²) in [5, 5.41) is 3.30. The predicted octanol–water partition coefficient (Wildman–Crippen LogP) is 2.46. The van der Waals surface area contributed by atoms with Gasteiger partial charge in [0.2, 0.25) is 5.91 Å². The van der Waals surface area contributed by atoms with Crippen LogP contribution in [-0.2, 0) is 4.79 Å². The summed E-state index contributed by atoms with van der Waals surface area (Å²) in [5.74, 6) is 0.882. The van der Waals surface area contributed by atoms with Crippen molar-refractivity contribution >= 4 is 34.8 Å². The van der Waals surface area contributed by atoms with Crippen LogP contribution in [-0.4, -0.2) is 22.6 Å². The molecule has 3 rings (SSSR count). The van der Waals surface area contributed by atoms with Gasteiger partial charge in [-0.05, 0) is 19.1 Å². The van der Waals surface area contributed by atoms with Crippen LogP contribution in [0.1, 0.15) is 6.92 Å². The minimum atomic E-state index is -0.0487. The molecule has 16 heavy (non-hydrogen) atoms. The van der Waals surface area contributed by atoms with E-state index in [1.807, 2.05) is 24.3 Å². The minimum Gasteiger partial charge on any atom is -0.324 e. The highest BCUT2D eigenvalue weighted by molar-refractivity contribution is 8.01. The molecule has 4 heteroatoms.